The number of hydrogen-bond donors (Lipinski definition) is 2. The van der Waals surface area contributed by atoms with E-state index in [4.69, 9.17) is 11.6 Å². The van der Waals surface area contributed by atoms with Gasteiger partial charge in [0.2, 0.25) is 5.91 Å². The number of rotatable bonds is 6. The minimum Gasteiger partial charge on any atom is -0.406 e. The smallest absolute Gasteiger partial charge is 0.406 e. The lowest BCUT2D eigenvalue weighted by Gasteiger charge is -2.12. The summed E-state index contributed by atoms with van der Waals surface area (Å²) in [5.41, 5.74) is 2.35. The van der Waals surface area contributed by atoms with Crippen LogP contribution in [0.3, 0.4) is 0 Å². The molecule has 2 N–H and O–H groups in total. The van der Waals surface area contributed by atoms with Crippen molar-refractivity contribution in [3.63, 3.8) is 0 Å². The van der Waals surface area contributed by atoms with Gasteiger partial charge in [-0.3, -0.25) is 9.59 Å². The third kappa shape index (κ3) is 4.95. The van der Waals surface area contributed by atoms with Gasteiger partial charge >= 0.3 is 6.36 Å². The molecule has 0 radical (unpaired) electrons. The molecule has 4 rings (SSSR count). The summed E-state index contributed by atoms with van der Waals surface area (Å²) >= 11 is 6.12. The zero-order valence-corrected chi connectivity index (χ0v) is 18.0. The van der Waals surface area contributed by atoms with Crippen LogP contribution in [0.15, 0.2) is 48.5 Å². The third-order valence-electron chi connectivity index (χ3n) is 5.00. The van der Waals surface area contributed by atoms with Crippen molar-refractivity contribution in [1.82, 2.24) is 9.78 Å². The fourth-order valence-electron chi connectivity index (χ4n) is 3.67. The second kappa shape index (κ2) is 8.78. The van der Waals surface area contributed by atoms with E-state index in [2.05, 4.69) is 20.5 Å². The van der Waals surface area contributed by atoms with Gasteiger partial charge in [-0.15, -0.1) is 13.2 Å². The minimum absolute atomic E-state index is 0.106. The highest BCUT2D eigenvalue weighted by Gasteiger charge is 2.37. The summed E-state index contributed by atoms with van der Waals surface area (Å²) in [7, 11) is 0. The van der Waals surface area contributed by atoms with Crippen LogP contribution >= 0.6 is 11.6 Å². The summed E-state index contributed by atoms with van der Waals surface area (Å²) in [5.74, 6) is -0.970. The van der Waals surface area contributed by atoms with Gasteiger partial charge in [0.15, 0.2) is 0 Å². The van der Waals surface area contributed by atoms with E-state index in [1.807, 2.05) is 13.0 Å². The van der Waals surface area contributed by atoms with Crippen LogP contribution < -0.4 is 15.4 Å². The number of carbonyl (C=O) groups excluding carboxylic acids is 2. The van der Waals surface area contributed by atoms with Crippen molar-refractivity contribution in [3.8, 4) is 16.9 Å². The Hall–Kier alpha value is -3.53. The highest BCUT2D eigenvalue weighted by molar-refractivity contribution is 6.30. The predicted octanol–water partition coefficient (Wildman–Crippen LogP) is 5.19. The zero-order valence-electron chi connectivity index (χ0n) is 17.2. The Morgan fingerprint density at radius 3 is 2.70 bits per heavy atom. The fraction of sp³-hybridized carbons (Fsp3) is 0.227. The molecule has 172 valence electrons. The van der Waals surface area contributed by atoms with E-state index in [1.165, 1.54) is 16.8 Å². The Balaban J connectivity index is 1.55. The number of anilines is 2. The molecule has 1 atom stereocenters. The summed E-state index contributed by atoms with van der Waals surface area (Å²) in [6, 6.07) is 11.1. The van der Waals surface area contributed by atoms with Crippen LogP contribution in [0.4, 0.5) is 24.7 Å². The molecule has 2 heterocycles. The molecular weight excluding hydrogens is 461 g/mol. The van der Waals surface area contributed by atoms with Crippen LogP contribution in [0.1, 0.15) is 25.1 Å². The number of amides is 2. The predicted molar refractivity (Wildman–Crippen MR) is 116 cm³/mol. The van der Waals surface area contributed by atoms with Crippen LogP contribution in [0.2, 0.25) is 5.02 Å². The summed E-state index contributed by atoms with van der Waals surface area (Å²) < 4.78 is 42.6. The van der Waals surface area contributed by atoms with Crippen molar-refractivity contribution in [3.05, 3.63) is 59.2 Å². The lowest BCUT2D eigenvalue weighted by Crippen LogP contribution is -2.24. The molecule has 0 aliphatic carbocycles. The van der Waals surface area contributed by atoms with Gasteiger partial charge in [-0.2, -0.15) is 5.10 Å². The fourth-order valence-corrected chi connectivity index (χ4v) is 3.86. The summed E-state index contributed by atoms with van der Waals surface area (Å²) in [5, 5.41) is 10.3. The average molecular weight is 479 g/mol. The number of nitrogens with one attached hydrogen (secondary N) is 2. The van der Waals surface area contributed by atoms with Crippen molar-refractivity contribution < 1.29 is 27.5 Å². The molecule has 0 saturated carbocycles. The van der Waals surface area contributed by atoms with Gasteiger partial charge < -0.3 is 15.4 Å². The largest absolute Gasteiger partial charge is 0.573 e. The standard InChI is InChI=1S/C22H18ClF3N4O3/c1-2-16-19(12-5-3-6-13(23)9-12)20-28-21(32)17(30(20)29-16)11-18(31)27-14-7-4-8-15(10-14)33-22(24,25)26/h3-10,17H,2,11H2,1H3,(H,27,31)(H,28,32). The maximum atomic E-state index is 12.6. The molecule has 1 aliphatic rings. The van der Waals surface area contributed by atoms with E-state index < -0.39 is 30.0 Å². The van der Waals surface area contributed by atoms with Crippen molar-refractivity contribution in [2.45, 2.75) is 32.2 Å². The van der Waals surface area contributed by atoms with Crippen LogP contribution in [0, 0.1) is 0 Å². The van der Waals surface area contributed by atoms with E-state index >= 15 is 0 Å². The number of nitrogens with zero attached hydrogens (tertiary/aromatic N) is 2. The number of benzene rings is 2. The topological polar surface area (TPSA) is 85.2 Å². The highest BCUT2D eigenvalue weighted by atomic mass is 35.5. The molecule has 1 aromatic heterocycles. The molecule has 3 aromatic rings. The molecule has 0 saturated heterocycles. The van der Waals surface area contributed by atoms with E-state index in [0.717, 1.165) is 29.0 Å². The monoisotopic (exact) mass is 478 g/mol. The number of halogens is 4. The Morgan fingerprint density at radius 2 is 2.00 bits per heavy atom. The van der Waals surface area contributed by atoms with Crippen molar-refractivity contribution >= 4 is 34.9 Å². The molecule has 33 heavy (non-hydrogen) atoms. The molecule has 2 amide bonds. The normalized spacial score (nSPS) is 15.2. The average Bonchev–Trinajstić information content (AvgIpc) is 3.22. The molecule has 0 fully saturated rings. The number of aromatic nitrogens is 2. The van der Waals surface area contributed by atoms with Gasteiger partial charge in [-0.05, 0) is 36.2 Å². The Kier molecular flexibility index (Phi) is 6.03. The SMILES string of the molecule is CCc1nn2c(c1-c1cccc(Cl)c1)NC(=O)C2CC(=O)Nc1cccc(OC(F)(F)F)c1. The molecule has 0 spiro atoms. The Labute approximate surface area is 191 Å². The summed E-state index contributed by atoms with van der Waals surface area (Å²) in [6.45, 7) is 1.92. The first-order valence-electron chi connectivity index (χ1n) is 9.98. The molecule has 1 aliphatic heterocycles. The highest BCUT2D eigenvalue weighted by Crippen LogP contribution is 2.39. The molecule has 11 heteroatoms. The molecule has 0 bridgehead atoms. The number of hydrogen-bond acceptors (Lipinski definition) is 4. The Bertz CT molecular complexity index is 1230. The van der Waals surface area contributed by atoms with Crippen LogP contribution in [0.25, 0.3) is 11.1 Å². The quantitative estimate of drug-likeness (QED) is 0.511. The summed E-state index contributed by atoms with van der Waals surface area (Å²) in [6.07, 6.45) is -4.52. The third-order valence-corrected chi connectivity index (χ3v) is 5.24. The molecule has 7 nitrogen and oxygen atoms in total. The van der Waals surface area contributed by atoms with Gasteiger partial charge in [-0.1, -0.05) is 36.7 Å². The first kappa shape index (κ1) is 22.7. The molecular formula is C22H18ClF3N4O3. The van der Waals surface area contributed by atoms with Crippen molar-refractivity contribution in [2.75, 3.05) is 10.6 Å². The van der Waals surface area contributed by atoms with Gasteiger partial charge in [0, 0.05) is 22.3 Å². The maximum absolute atomic E-state index is 12.6. The second-order valence-corrected chi connectivity index (χ2v) is 7.75. The molecule has 1 unspecified atom stereocenters. The maximum Gasteiger partial charge on any atom is 0.573 e. The van der Waals surface area contributed by atoms with Crippen LogP contribution in [-0.4, -0.2) is 28.0 Å². The van der Waals surface area contributed by atoms with Crippen molar-refractivity contribution in [1.29, 1.82) is 0 Å². The van der Waals surface area contributed by atoms with E-state index in [-0.39, 0.29) is 12.1 Å². The van der Waals surface area contributed by atoms with E-state index in [9.17, 15) is 22.8 Å². The number of carbonyl (C=O) groups is 2. The van der Waals surface area contributed by atoms with E-state index in [0.29, 0.717) is 17.3 Å². The number of ether oxygens (including phenoxy) is 1. The lowest BCUT2D eigenvalue weighted by molar-refractivity contribution is -0.274. The van der Waals surface area contributed by atoms with Gasteiger partial charge in [-0.25, -0.2) is 4.68 Å². The second-order valence-electron chi connectivity index (χ2n) is 7.31. The molecule has 2 aromatic carbocycles. The minimum atomic E-state index is -4.85. The van der Waals surface area contributed by atoms with Gasteiger partial charge in [0.1, 0.15) is 17.6 Å². The van der Waals surface area contributed by atoms with Crippen molar-refractivity contribution in [2.24, 2.45) is 0 Å². The number of alkyl halides is 3. The van der Waals surface area contributed by atoms with Crippen LogP contribution in [0.5, 0.6) is 5.75 Å². The first-order valence-corrected chi connectivity index (χ1v) is 10.4. The van der Waals surface area contributed by atoms with Crippen LogP contribution in [-0.2, 0) is 16.0 Å². The first-order chi connectivity index (χ1) is 15.6. The number of fused-ring (bicyclic) bond motifs is 1. The zero-order chi connectivity index (χ0) is 23.8. The van der Waals surface area contributed by atoms with Gasteiger partial charge in [0.05, 0.1) is 12.1 Å². The number of aryl methyl sites for hydroxylation is 1. The lowest BCUT2D eigenvalue weighted by atomic mass is 10.0. The van der Waals surface area contributed by atoms with E-state index in [1.54, 1.807) is 18.2 Å². The summed E-state index contributed by atoms with van der Waals surface area (Å²) in [4.78, 5) is 25.2. The Morgan fingerprint density at radius 1 is 1.24 bits per heavy atom. The van der Waals surface area contributed by atoms with Gasteiger partial charge in [0.25, 0.3) is 5.91 Å².